The lowest BCUT2D eigenvalue weighted by atomic mass is 10.1. The molecular formula is C36H72O4. The second-order valence-electron chi connectivity index (χ2n) is 11.7. The SMILES string of the molecule is CCCCCCCCCCCCC.CCCCCCCCCCCCCCOC(=O)CCCCC(=O)OCCC. The number of carbonyl (C=O) groups is 2. The molecule has 0 radical (unpaired) electrons. The number of hydrogen-bond donors (Lipinski definition) is 0. The maximum absolute atomic E-state index is 11.6. The van der Waals surface area contributed by atoms with Crippen LogP contribution in [0.1, 0.15) is 207 Å². The van der Waals surface area contributed by atoms with Gasteiger partial charge in [0.25, 0.3) is 0 Å². The molecule has 0 aromatic carbocycles. The van der Waals surface area contributed by atoms with Crippen molar-refractivity contribution in [3.63, 3.8) is 0 Å². The highest BCUT2D eigenvalue weighted by molar-refractivity contribution is 5.70. The molecule has 0 aliphatic rings. The van der Waals surface area contributed by atoms with Crippen LogP contribution in [0.3, 0.4) is 0 Å². The van der Waals surface area contributed by atoms with Gasteiger partial charge in [-0.25, -0.2) is 0 Å². The summed E-state index contributed by atoms with van der Waals surface area (Å²) in [5, 5.41) is 0. The van der Waals surface area contributed by atoms with Gasteiger partial charge >= 0.3 is 11.9 Å². The lowest BCUT2D eigenvalue weighted by Crippen LogP contribution is -2.07. The highest BCUT2D eigenvalue weighted by atomic mass is 16.5. The van der Waals surface area contributed by atoms with Crippen molar-refractivity contribution in [2.75, 3.05) is 13.2 Å². The Morgan fingerprint density at radius 3 is 0.900 bits per heavy atom. The zero-order chi connectivity index (χ0) is 29.8. The third-order valence-electron chi connectivity index (χ3n) is 7.45. The van der Waals surface area contributed by atoms with E-state index in [-0.39, 0.29) is 11.9 Å². The third-order valence-corrected chi connectivity index (χ3v) is 7.45. The maximum atomic E-state index is 11.6. The molecule has 0 spiro atoms. The van der Waals surface area contributed by atoms with Crippen molar-refractivity contribution in [2.24, 2.45) is 0 Å². The first-order valence-electron chi connectivity index (χ1n) is 17.9. The normalized spacial score (nSPS) is 10.7. The van der Waals surface area contributed by atoms with E-state index in [9.17, 15) is 9.59 Å². The van der Waals surface area contributed by atoms with Crippen molar-refractivity contribution in [3.05, 3.63) is 0 Å². The second-order valence-corrected chi connectivity index (χ2v) is 11.7. The molecular weight excluding hydrogens is 496 g/mol. The first-order valence-corrected chi connectivity index (χ1v) is 17.9. The fraction of sp³-hybridized carbons (Fsp3) is 0.944. The predicted molar refractivity (Wildman–Crippen MR) is 174 cm³/mol. The molecule has 0 saturated carbocycles. The number of hydrogen-bond acceptors (Lipinski definition) is 4. The summed E-state index contributed by atoms with van der Waals surface area (Å²) < 4.78 is 10.2. The van der Waals surface area contributed by atoms with Crippen LogP contribution < -0.4 is 0 Å². The molecule has 0 rings (SSSR count). The molecule has 0 aliphatic heterocycles. The van der Waals surface area contributed by atoms with Crippen LogP contribution in [0.4, 0.5) is 0 Å². The Bertz CT molecular complexity index is 481. The molecule has 0 aromatic rings. The summed E-state index contributed by atoms with van der Waals surface area (Å²) in [7, 11) is 0. The fourth-order valence-corrected chi connectivity index (χ4v) is 4.77. The molecule has 40 heavy (non-hydrogen) atoms. The van der Waals surface area contributed by atoms with Crippen molar-refractivity contribution in [2.45, 2.75) is 207 Å². The van der Waals surface area contributed by atoms with Gasteiger partial charge < -0.3 is 9.47 Å². The van der Waals surface area contributed by atoms with Gasteiger partial charge in [-0.15, -0.1) is 0 Å². The van der Waals surface area contributed by atoms with Crippen LogP contribution >= 0.6 is 0 Å². The number of esters is 2. The van der Waals surface area contributed by atoms with Crippen LogP contribution in [0.25, 0.3) is 0 Å². The zero-order valence-electron chi connectivity index (χ0n) is 27.8. The molecule has 4 nitrogen and oxygen atoms in total. The van der Waals surface area contributed by atoms with E-state index in [0.717, 1.165) is 19.3 Å². The largest absolute Gasteiger partial charge is 0.466 e. The van der Waals surface area contributed by atoms with Gasteiger partial charge in [-0.05, 0) is 25.7 Å². The Kier molecular flexibility index (Phi) is 39.0. The van der Waals surface area contributed by atoms with Crippen LogP contribution in [0.15, 0.2) is 0 Å². The van der Waals surface area contributed by atoms with Crippen LogP contribution in [0.5, 0.6) is 0 Å². The fourth-order valence-electron chi connectivity index (χ4n) is 4.77. The van der Waals surface area contributed by atoms with Crippen molar-refractivity contribution in [3.8, 4) is 0 Å². The topological polar surface area (TPSA) is 52.6 Å². The first kappa shape index (κ1) is 41.1. The Labute approximate surface area is 251 Å². The van der Waals surface area contributed by atoms with Crippen molar-refractivity contribution in [1.82, 2.24) is 0 Å². The lowest BCUT2D eigenvalue weighted by Gasteiger charge is -2.06. The standard InChI is InChI=1S/C23H44O4.C13H28/c1-3-5-6-7-8-9-10-11-12-13-14-17-21-27-23(25)19-16-15-18-22(24)26-20-4-2;1-3-5-7-9-11-13-12-10-8-6-4-2/h3-21H2,1-2H3;3-13H2,1-2H3. The lowest BCUT2D eigenvalue weighted by molar-refractivity contribution is -0.146. The van der Waals surface area contributed by atoms with Gasteiger partial charge in [-0.2, -0.15) is 0 Å². The second kappa shape index (κ2) is 37.9. The van der Waals surface area contributed by atoms with E-state index in [1.54, 1.807) is 0 Å². The molecule has 4 heteroatoms. The van der Waals surface area contributed by atoms with E-state index < -0.39 is 0 Å². The summed E-state index contributed by atoms with van der Waals surface area (Å²) in [5.74, 6) is -0.304. The highest BCUT2D eigenvalue weighted by Gasteiger charge is 2.06. The van der Waals surface area contributed by atoms with Gasteiger partial charge in [-0.1, -0.05) is 169 Å². The van der Waals surface area contributed by atoms with Crippen molar-refractivity contribution in [1.29, 1.82) is 0 Å². The summed E-state index contributed by atoms with van der Waals surface area (Å²) in [6.45, 7) is 9.82. The van der Waals surface area contributed by atoms with E-state index in [1.807, 2.05) is 6.92 Å². The smallest absolute Gasteiger partial charge is 0.305 e. The van der Waals surface area contributed by atoms with Gasteiger partial charge in [0.2, 0.25) is 0 Å². The molecule has 0 saturated heterocycles. The van der Waals surface area contributed by atoms with Crippen molar-refractivity contribution < 1.29 is 19.1 Å². The minimum absolute atomic E-state index is 0.139. The predicted octanol–water partition coefficient (Wildman–Crippen LogP) is 12.1. The monoisotopic (exact) mass is 569 g/mol. The van der Waals surface area contributed by atoms with Gasteiger partial charge in [0.15, 0.2) is 0 Å². The number of carbonyl (C=O) groups excluding carboxylic acids is 2. The molecule has 0 aromatic heterocycles. The van der Waals surface area contributed by atoms with E-state index in [1.165, 1.54) is 135 Å². The first-order chi connectivity index (χ1) is 19.6. The highest BCUT2D eigenvalue weighted by Crippen LogP contribution is 2.13. The number of ether oxygens (including phenoxy) is 2. The van der Waals surface area contributed by atoms with Crippen LogP contribution in [0, 0.1) is 0 Å². The summed E-state index contributed by atoms with van der Waals surface area (Å²) in [6, 6.07) is 0. The Hall–Kier alpha value is -1.06. The Morgan fingerprint density at radius 1 is 0.325 bits per heavy atom. The van der Waals surface area contributed by atoms with Gasteiger partial charge in [0.1, 0.15) is 0 Å². The third kappa shape index (κ3) is 39.1. The number of rotatable bonds is 30. The molecule has 240 valence electrons. The van der Waals surface area contributed by atoms with E-state index in [0.29, 0.717) is 38.9 Å². The van der Waals surface area contributed by atoms with E-state index in [4.69, 9.17) is 9.47 Å². The van der Waals surface area contributed by atoms with Crippen LogP contribution in [-0.2, 0) is 19.1 Å². The summed E-state index contributed by atoms with van der Waals surface area (Å²) in [4.78, 5) is 22.9. The summed E-state index contributed by atoms with van der Waals surface area (Å²) in [6.07, 6.45) is 34.6. The molecule has 0 aliphatic carbocycles. The molecule has 0 atom stereocenters. The molecule has 0 unspecified atom stereocenters. The van der Waals surface area contributed by atoms with Crippen LogP contribution in [-0.4, -0.2) is 25.2 Å². The quantitative estimate of drug-likeness (QED) is 0.0638. The Morgan fingerprint density at radius 2 is 0.600 bits per heavy atom. The number of unbranched alkanes of at least 4 members (excludes halogenated alkanes) is 22. The minimum atomic E-state index is -0.165. The summed E-state index contributed by atoms with van der Waals surface area (Å²) in [5.41, 5.74) is 0. The average Bonchev–Trinajstić information content (AvgIpc) is 2.96. The van der Waals surface area contributed by atoms with Gasteiger partial charge in [0.05, 0.1) is 13.2 Å². The molecule has 0 amide bonds. The molecule has 0 bridgehead atoms. The minimum Gasteiger partial charge on any atom is -0.466 e. The van der Waals surface area contributed by atoms with Crippen molar-refractivity contribution >= 4 is 11.9 Å². The molecule has 0 heterocycles. The summed E-state index contributed by atoms with van der Waals surface area (Å²) >= 11 is 0. The molecule has 0 N–H and O–H groups in total. The van der Waals surface area contributed by atoms with Crippen LogP contribution in [0.2, 0.25) is 0 Å². The zero-order valence-corrected chi connectivity index (χ0v) is 27.8. The van der Waals surface area contributed by atoms with Gasteiger partial charge in [0, 0.05) is 12.8 Å². The van der Waals surface area contributed by atoms with E-state index in [2.05, 4.69) is 20.8 Å². The average molecular weight is 569 g/mol. The molecule has 0 fully saturated rings. The Balaban J connectivity index is 0. The van der Waals surface area contributed by atoms with Gasteiger partial charge in [-0.3, -0.25) is 9.59 Å². The van der Waals surface area contributed by atoms with E-state index >= 15 is 0 Å². The maximum Gasteiger partial charge on any atom is 0.305 e.